The highest BCUT2D eigenvalue weighted by atomic mass is 32.1. The van der Waals surface area contributed by atoms with Crippen LogP contribution in [0.1, 0.15) is 0 Å². The average molecular weight is 819 g/mol. The molecule has 0 amide bonds. The maximum Gasteiger partial charge on any atom is 0.124 e. The Balaban J connectivity index is 0.952. The molecule has 9 aromatic carbocycles. The lowest BCUT2D eigenvalue weighted by Gasteiger charge is -2.28. The predicted octanol–water partition coefficient (Wildman–Crippen LogP) is 17.2. The standard InChI is InChI=1S/C55H34N2S3/c1-3-12-36(13-4-1)42-16-7-9-20-47(42)57(41-29-24-37(25-30-41)43-18-11-19-45-44-17-8-10-21-48(44)59-54(43)45)40-27-22-35(23-28-40)39-26-31-49-46(34-39)52-50(58-49)32-33-51-53(52)56-55(60-51)38-14-5-2-6-15-38/h1-34H. The Morgan fingerprint density at radius 2 is 0.933 bits per heavy atom. The van der Waals surface area contributed by atoms with E-state index >= 15 is 0 Å². The number of para-hydroxylation sites is 1. The summed E-state index contributed by atoms with van der Waals surface area (Å²) in [4.78, 5) is 7.62. The van der Waals surface area contributed by atoms with Gasteiger partial charge in [-0.05, 0) is 88.5 Å². The van der Waals surface area contributed by atoms with Crippen molar-refractivity contribution < 1.29 is 0 Å². The zero-order valence-corrected chi connectivity index (χ0v) is 34.7. The van der Waals surface area contributed by atoms with Gasteiger partial charge in [-0.1, -0.05) is 146 Å². The number of thiazole rings is 1. The van der Waals surface area contributed by atoms with E-state index in [1.54, 1.807) is 11.3 Å². The third-order valence-corrected chi connectivity index (χ3v) is 15.0. The van der Waals surface area contributed by atoms with Gasteiger partial charge in [-0.25, -0.2) is 4.98 Å². The van der Waals surface area contributed by atoms with Gasteiger partial charge in [0.25, 0.3) is 0 Å². The molecule has 3 aromatic heterocycles. The topological polar surface area (TPSA) is 16.1 Å². The van der Waals surface area contributed by atoms with Crippen molar-refractivity contribution in [2.24, 2.45) is 0 Å². The molecule has 12 rings (SSSR count). The first kappa shape index (κ1) is 35.1. The van der Waals surface area contributed by atoms with Gasteiger partial charge in [-0.2, -0.15) is 0 Å². The van der Waals surface area contributed by atoms with Crippen LogP contribution in [-0.2, 0) is 0 Å². The Morgan fingerprint density at radius 1 is 0.350 bits per heavy atom. The summed E-state index contributed by atoms with van der Waals surface area (Å²) in [6.45, 7) is 0. The fourth-order valence-corrected chi connectivity index (χ4v) is 12.0. The monoisotopic (exact) mass is 818 g/mol. The van der Waals surface area contributed by atoms with E-state index in [0.717, 1.165) is 33.1 Å². The van der Waals surface area contributed by atoms with Crippen molar-refractivity contribution in [2.45, 2.75) is 0 Å². The normalized spacial score (nSPS) is 11.7. The highest BCUT2D eigenvalue weighted by molar-refractivity contribution is 7.27. The molecule has 0 aliphatic heterocycles. The molecule has 5 heteroatoms. The van der Waals surface area contributed by atoms with Crippen LogP contribution in [0.4, 0.5) is 17.1 Å². The van der Waals surface area contributed by atoms with Crippen LogP contribution >= 0.6 is 34.0 Å². The minimum Gasteiger partial charge on any atom is -0.310 e. The van der Waals surface area contributed by atoms with Gasteiger partial charge in [0.2, 0.25) is 0 Å². The zero-order chi connectivity index (χ0) is 39.6. The van der Waals surface area contributed by atoms with Crippen LogP contribution in [0.5, 0.6) is 0 Å². The van der Waals surface area contributed by atoms with E-state index in [0.29, 0.717) is 0 Å². The number of hydrogen-bond donors (Lipinski definition) is 0. The maximum absolute atomic E-state index is 5.22. The molecule has 0 aliphatic carbocycles. The summed E-state index contributed by atoms with van der Waals surface area (Å²) in [5.74, 6) is 0. The van der Waals surface area contributed by atoms with Gasteiger partial charge in [0, 0.05) is 62.8 Å². The third-order valence-electron chi connectivity index (χ3n) is 11.5. The highest BCUT2D eigenvalue weighted by Crippen LogP contribution is 2.46. The van der Waals surface area contributed by atoms with Crippen LogP contribution in [0.2, 0.25) is 0 Å². The van der Waals surface area contributed by atoms with Crippen molar-refractivity contribution in [3.05, 3.63) is 206 Å². The van der Waals surface area contributed by atoms with E-state index in [9.17, 15) is 0 Å². The molecule has 0 saturated carbocycles. The van der Waals surface area contributed by atoms with E-state index in [1.165, 1.54) is 78.4 Å². The van der Waals surface area contributed by atoms with Crippen LogP contribution in [0.3, 0.4) is 0 Å². The molecule has 12 aromatic rings. The summed E-state index contributed by atoms with van der Waals surface area (Å²) in [6.07, 6.45) is 0. The summed E-state index contributed by atoms with van der Waals surface area (Å²) in [5, 5.41) is 6.21. The third kappa shape index (κ3) is 5.93. The molecule has 0 atom stereocenters. The summed E-state index contributed by atoms with van der Waals surface area (Å²) in [7, 11) is 0. The Morgan fingerprint density at radius 3 is 1.73 bits per heavy atom. The van der Waals surface area contributed by atoms with E-state index < -0.39 is 0 Å². The molecular formula is C55H34N2S3. The number of anilines is 3. The molecule has 3 heterocycles. The number of benzene rings is 9. The molecule has 0 unspecified atom stereocenters. The molecule has 0 saturated heterocycles. The van der Waals surface area contributed by atoms with Crippen LogP contribution in [-0.4, -0.2) is 4.98 Å². The summed E-state index contributed by atoms with van der Waals surface area (Å²) < 4.78 is 6.42. The molecular weight excluding hydrogens is 785 g/mol. The van der Waals surface area contributed by atoms with Crippen LogP contribution < -0.4 is 4.90 Å². The predicted molar refractivity (Wildman–Crippen MR) is 262 cm³/mol. The summed E-state index contributed by atoms with van der Waals surface area (Å²) in [6, 6.07) is 75.0. The molecule has 2 nitrogen and oxygen atoms in total. The van der Waals surface area contributed by atoms with E-state index in [2.05, 4.69) is 211 Å². The largest absolute Gasteiger partial charge is 0.310 e. The molecule has 0 bridgehead atoms. The number of aromatic nitrogens is 1. The van der Waals surface area contributed by atoms with Gasteiger partial charge in [-0.3, -0.25) is 0 Å². The second-order valence-corrected chi connectivity index (χ2v) is 18.2. The molecule has 0 spiro atoms. The van der Waals surface area contributed by atoms with Gasteiger partial charge in [0.1, 0.15) is 5.01 Å². The fourth-order valence-electron chi connectivity index (χ4n) is 8.66. The Bertz CT molecular complexity index is 3530. The Hall–Kier alpha value is -6.89. The lowest BCUT2D eigenvalue weighted by Crippen LogP contribution is -2.11. The number of thiophene rings is 2. The van der Waals surface area contributed by atoms with Crippen molar-refractivity contribution in [2.75, 3.05) is 4.90 Å². The minimum atomic E-state index is 1.06. The molecule has 282 valence electrons. The summed E-state index contributed by atoms with van der Waals surface area (Å²) in [5.41, 5.74) is 12.8. The first-order valence-electron chi connectivity index (χ1n) is 20.1. The van der Waals surface area contributed by atoms with Gasteiger partial charge < -0.3 is 4.90 Å². The van der Waals surface area contributed by atoms with Crippen LogP contribution in [0, 0.1) is 0 Å². The van der Waals surface area contributed by atoms with E-state index in [4.69, 9.17) is 4.98 Å². The number of fused-ring (bicyclic) bond motifs is 8. The minimum absolute atomic E-state index is 1.06. The van der Waals surface area contributed by atoms with Crippen molar-refractivity contribution in [3.8, 4) is 44.0 Å². The Labute approximate surface area is 359 Å². The van der Waals surface area contributed by atoms with E-state index in [-0.39, 0.29) is 0 Å². The average Bonchev–Trinajstić information content (AvgIpc) is 4.04. The van der Waals surface area contributed by atoms with Crippen molar-refractivity contribution in [3.63, 3.8) is 0 Å². The van der Waals surface area contributed by atoms with Gasteiger partial charge in [0.15, 0.2) is 0 Å². The zero-order valence-electron chi connectivity index (χ0n) is 32.2. The maximum atomic E-state index is 5.22. The molecule has 0 aliphatic rings. The smallest absolute Gasteiger partial charge is 0.124 e. The first-order chi connectivity index (χ1) is 29.7. The van der Waals surface area contributed by atoms with Crippen LogP contribution in [0.25, 0.3) is 94.5 Å². The SMILES string of the molecule is c1ccc(-c2nc3c(ccc4sc5ccc(-c6ccc(N(c7ccc(-c8cccc9c8sc8ccccc89)cc7)c7ccccc7-c7ccccc7)cc6)cc5c43)s2)cc1. The van der Waals surface area contributed by atoms with Crippen molar-refractivity contribution in [1.82, 2.24) is 4.98 Å². The summed E-state index contributed by atoms with van der Waals surface area (Å²) >= 11 is 5.49. The second kappa shape index (κ2) is 14.4. The lowest BCUT2D eigenvalue weighted by atomic mass is 9.99. The lowest BCUT2D eigenvalue weighted by molar-refractivity contribution is 1.28. The first-order valence-corrected chi connectivity index (χ1v) is 22.6. The Kier molecular flexibility index (Phi) is 8.44. The second-order valence-electron chi connectivity index (χ2n) is 15.1. The van der Waals surface area contributed by atoms with Gasteiger partial charge in [0.05, 0.1) is 15.9 Å². The molecule has 0 radical (unpaired) electrons. The highest BCUT2D eigenvalue weighted by Gasteiger charge is 2.19. The van der Waals surface area contributed by atoms with Gasteiger partial charge >= 0.3 is 0 Å². The number of hydrogen-bond acceptors (Lipinski definition) is 5. The van der Waals surface area contributed by atoms with Crippen LogP contribution in [0.15, 0.2) is 206 Å². The van der Waals surface area contributed by atoms with E-state index in [1.807, 2.05) is 22.7 Å². The molecule has 0 N–H and O–H groups in total. The number of nitrogens with zero attached hydrogens (tertiary/aromatic N) is 2. The molecule has 60 heavy (non-hydrogen) atoms. The molecule has 0 fully saturated rings. The van der Waals surface area contributed by atoms with Crippen molar-refractivity contribution >= 4 is 102 Å². The van der Waals surface area contributed by atoms with Gasteiger partial charge in [-0.15, -0.1) is 34.0 Å². The number of rotatable bonds is 7. The fraction of sp³-hybridized carbons (Fsp3) is 0. The quantitative estimate of drug-likeness (QED) is 0.159. The van der Waals surface area contributed by atoms with Crippen molar-refractivity contribution in [1.29, 1.82) is 0 Å².